The fraction of sp³-hybridized carbons (Fsp3) is 0.400. The zero-order valence-electron chi connectivity index (χ0n) is 7.54. The van der Waals surface area contributed by atoms with Crippen molar-refractivity contribution in [2.75, 3.05) is 0 Å². The van der Waals surface area contributed by atoms with Gasteiger partial charge in [0, 0.05) is 17.2 Å². The number of phenols is 2. The lowest BCUT2D eigenvalue weighted by atomic mass is 10.0. The molecule has 3 heteroatoms. The van der Waals surface area contributed by atoms with Crippen molar-refractivity contribution in [3.63, 3.8) is 0 Å². The summed E-state index contributed by atoms with van der Waals surface area (Å²) in [5.41, 5.74) is 8.06. The first-order valence-electron chi connectivity index (χ1n) is 4.41. The minimum absolute atomic E-state index is 0.124. The molecule has 0 amide bonds. The monoisotopic (exact) mass is 179 g/mol. The highest BCUT2D eigenvalue weighted by atomic mass is 16.3. The Morgan fingerprint density at radius 3 is 2.85 bits per heavy atom. The molecular weight excluding hydrogens is 166 g/mol. The quantitative estimate of drug-likeness (QED) is 0.527. The van der Waals surface area contributed by atoms with Crippen molar-refractivity contribution in [3.8, 4) is 11.5 Å². The predicted molar refractivity (Wildman–Crippen MR) is 49.8 cm³/mol. The Morgan fingerprint density at radius 2 is 2.15 bits per heavy atom. The third kappa shape index (κ3) is 1.08. The summed E-state index contributed by atoms with van der Waals surface area (Å²) in [5.74, 6) is 0.510. The van der Waals surface area contributed by atoms with Gasteiger partial charge in [0.25, 0.3) is 0 Å². The molecule has 0 fully saturated rings. The van der Waals surface area contributed by atoms with Crippen LogP contribution >= 0.6 is 0 Å². The fourth-order valence-corrected chi connectivity index (χ4v) is 1.98. The molecule has 1 unspecified atom stereocenters. The lowest BCUT2D eigenvalue weighted by Gasteiger charge is -2.10. The third-order valence-electron chi connectivity index (χ3n) is 2.69. The topological polar surface area (TPSA) is 66.5 Å². The Balaban J connectivity index is 2.69. The maximum Gasteiger partial charge on any atom is 0.122 e. The highest BCUT2D eigenvalue weighted by molar-refractivity contribution is 5.55. The number of benzene rings is 1. The maximum absolute atomic E-state index is 9.69. The second-order valence-corrected chi connectivity index (χ2v) is 3.60. The largest absolute Gasteiger partial charge is 0.508 e. The van der Waals surface area contributed by atoms with Gasteiger partial charge < -0.3 is 15.9 Å². The van der Waals surface area contributed by atoms with Gasteiger partial charge in [-0.3, -0.25) is 0 Å². The fourth-order valence-electron chi connectivity index (χ4n) is 1.98. The predicted octanol–water partition coefficient (Wildman–Crippen LogP) is 1.35. The molecule has 3 nitrogen and oxygen atoms in total. The van der Waals surface area contributed by atoms with Gasteiger partial charge in [0.15, 0.2) is 0 Å². The van der Waals surface area contributed by atoms with E-state index in [0.29, 0.717) is 11.3 Å². The molecule has 0 spiro atoms. The number of aromatic hydroxyl groups is 2. The lowest BCUT2D eigenvalue weighted by Crippen LogP contribution is -2.05. The number of hydrogen-bond donors (Lipinski definition) is 3. The Morgan fingerprint density at radius 1 is 1.46 bits per heavy atom. The molecule has 1 atom stereocenters. The van der Waals surface area contributed by atoms with Crippen molar-refractivity contribution in [1.82, 2.24) is 0 Å². The van der Waals surface area contributed by atoms with E-state index in [-0.39, 0.29) is 11.8 Å². The number of hydrogen-bond acceptors (Lipinski definition) is 3. The van der Waals surface area contributed by atoms with E-state index in [2.05, 4.69) is 0 Å². The van der Waals surface area contributed by atoms with Crippen LogP contribution in [-0.2, 0) is 6.42 Å². The van der Waals surface area contributed by atoms with Crippen LogP contribution in [0.15, 0.2) is 6.07 Å². The van der Waals surface area contributed by atoms with E-state index in [4.69, 9.17) is 5.73 Å². The van der Waals surface area contributed by atoms with Crippen molar-refractivity contribution in [2.45, 2.75) is 25.8 Å². The summed E-state index contributed by atoms with van der Waals surface area (Å²) < 4.78 is 0. The summed E-state index contributed by atoms with van der Waals surface area (Å²) in [4.78, 5) is 0. The van der Waals surface area contributed by atoms with Crippen LogP contribution in [0.4, 0.5) is 0 Å². The van der Waals surface area contributed by atoms with E-state index in [1.165, 1.54) is 0 Å². The Bertz CT molecular complexity index is 360. The van der Waals surface area contributed by atoms with Gasteiger partial charge in [0.1, 0.15) is 11.5 Å². The van der Waals surface area contributed by atoms with Crippen LogP contribution in [-0.4, -0.2) is 10.2 Å². The van der Waals surface area contributed by atoms with Crippen LogP contribution in [0, 0.1) is 6.92 Å². The van der Waals surface area contributed by atoms with Gasteiger partial charge in [0.2, 0.25) is 0 Å². The minimum Gasteiger partial charge on any atom is -0.508 e. The van der Waals surface area contributed by atoms with Crippen LogP contribution in [0.25, 0.3) is 0 Å². The molecule has 0 radical (unpaired) electrons. The SMILES string of the molecule is Cc1cc(O)c2c(c1O)CCC2N. The summed E-state index contributed by atoms with van der Waals surface area (Å²) in [6.45, 7) is 1.78. The first kappa shape index (κ1) is 8.38. The maximum atomic E-state index is 9.69. The number of fused-ring (bicyclic) bond motifs is 1. The standard InChI is InChI=1S/C10H13NO2/c1-5-4-8(12)9-6(10(5)13)2-3-7(9)11/h4,7,12-13H,2-3,11H2,1H3. The first-order valence-corrected chi connectivity index (χ1v) is 4.41. The number of rotatable bonds is 0. The van der Waals surface area contributed by atoms with Crippen LogP contribution in [0.1, 0.15) is 29.2 Å². The molecule has 1 aromatic rings. The van der Waals surface area contributed by atoms with Crippen LogP contribution < -0.4 is 5.73 Å². The molecule has 4 N–H and O–H groups in total. The summed E-state index contributed by atoms with van der Waals surface area (Å²) in [5, 5.41) is 19.3. The van der Waals surface area contributed by atoms with Gasteiger partial charge in [-0.05, 0) is 31.4 Å². The molecule has 0 aromatic heterocycles. The number of phenolic OH excluding ortho intramolecular Hbond substituents is 2. The van der Waals surface area contributed by atoms with Gasteiger partial charge in [-0.25, -0.2) is 0 Å². The second-order valence-electron chi connectivity index (χ2n) is 3.60. The van der Waals surface area contributed by atoms with Gasteiger partial charge in [-0.15, -0.1) is 0 Å². The molecule has 1 aliphatic rings. The number of nitrogens with two attached hydrogens (primary N) is 1. The van der Waals surface area contributed by atoms with Gasteiger partial charge in [-0.2, -0.15) is 0 Å². The normalized spacial score (nSPS) is 20.3. The lowest BCUT2D eigenvalue weighted by molar-refractivity contribution is 0.447. The molecule has 70 valence electrons. The molecule has 0 heterocycles. The molecule has 1 aliphatic carbocycles. The Kier molecular flexibility index (Phi) is 1.70. The van der Waals surface area contributed by atoms with Crippen molar-refractivity contribution in [1.29, 1.82) is 0 Å². The summed E-state index contributed by atoms with van der Waals surface area (Å²) >= 11 is 0. The van der Waals surface area contributed by atoms with Gasteiger partial charge in [-0.1, -0.05) is 0 Å². The molecule has 0 aliphatic heterocycles. The summed E-state index contributed by atoms with van der Waals surface area (Å²) in [7, 11) is 0. The van der Waals surface area contributed by atoms with Crippen molar-refractivity contribution < 1.29 is 10.2 Å². The van der Waals surface area contributed by atoms with Crippen molar-refractivity contribution in [2.24, 2.45) is 5.73 Å². The van der Waals surface area contributed by atoms with E-state index >= 15 is 0 Å². The zero-order valence-corrected chi connectivity index (χ0v) is 7.54. The summed E-state index contributed by atoms with van der Waals surface area (Å²) in [6.07, 6.45) is 1.57. The van der Waals surface area contributed by atoms with Crippen LogP contribution in [0.5, 0.6) is 11.5 Å². The Hall–Kier alpha value is -1.22. The Labute approximate surface area is 76.8 Å². The average molecular weight is 179 g/mol. The van der Waals surface area contributed by atoms with Gasteiger partial charge in [0.05, 0.1) is 0 Å². The number of aryl methyl sites for hydroxylation is 1. The summed E-state index contributed by atoms with van der Waals surface area (Å²) in [6, 6.07) is 1.45. The average Bonchev–Trinajstić information content (AvgIpc) is 2.44. The second kappa shape index (κ2) is 2.64. The molecule has 0 bridgehead atoms. The molecule has 13 heavy (non-hydrogen) atoms. The van der Waals surface area contributed by atoms with E-state index in [1.807, 2.05) is 0 Å². The third-order valence-corrected chi connectivity index (χ3v) is 2.69. The van der Waals surface area contributed by atoms with E-state index < -0.39 is 0 Å². The van der Waals surface area contributed by atoms with Crippen molar-refractivity contribution in [3.05, 3.63) is 22.8 Å². The molecular formula is C10H13NO2. The minimum atomic E-state index is -0.124. The van der Waals surface area contributed by atoms with Crippen LogP contribution in [0.3, 0.4) is 0 Å². The van der Waals surface area contributed by atoms with Gasteiger partial charge >= 0.3 is 0 Å². The highest BCUT2D eigenvalue weighted by Gasteiger charge is 2.26. The molecule has 0 saturated carbocycles. The molecule has 1 aromatic carbocycles. The first-order chi connectivity index (χ1) is 6.11. The smallest absolute Gasteiger partial charge is 0.122 e. The molecule has 0 saturated heterocycles. The zero-order chi connectivity index (χ0) is 9.59. The van der Waals surface area contributed by atoms with Crippen LogP contribution in [0.2, 0.25) is 0 Å². The molecule has 2 rings (SSSR count). The highest BCUT2D eigenvalue weighted by Crippen LogP contribution is 2.42. The van der Waals surface area contributed by atoms with E-state index in [1.54, 1.807) is 13.0 Å². The van der Waals surface area contributed by atoms with E-state index in [9.17, 15) is 10.2 Å². The van der Waals surface area contributed by atoms with E-state index in [0.717, 1.165) is 24.0 Å². The van der Waals surface area contributed by atoms with Crippen molar-refractivity contribution >= 4 is 0 Å².